The zero-order valence-electron chi connectivity index (χ0n) is 15.1. The van der Waals surface area contributed by atoms with Crippen molar-refractivity contribution in [3.05, 3.63) is 77.6 Å². The van der Waals surface area contributed by atoms with Crippen LogP contribution in [0.2, 0.25) is 5.02 Å². The zero-order valence-corrected chi connectivity index (χ0v) is 15.8. The Labute approximate surface area is 164 Å². The van der Waals surface area contributed by atoms with Crippen LogP contribution in [-0.2, 0) is 6.54 Å². The minimum absolute atomic E-state index is 0.698. The number of hydrogen-bond acceptors (Lipinski definition) is 5. The SMILES string of the molecule is Clc1cccc(Nc2cc(N3CCN(Cc4ccccc4)CC3)ncn2)c1. The van der Waals surface area contributed by atoms with Crippen molar-refractivity contribution in [3.63, 3.8) is 0 Å². The summed E-state index contributed by atoms with van der Waals surface area (Å²) in [5.74, 6) is 1.72. The van der Waals surface area contributed by atoms with Gasteiger partial charge in [0.25, 0.3) is 0 Å². The van der Waals surface area contributed by atoms with Gasteiger partial charge in [-0.1, -0.05) is 48.0 Å². The van der Waals surface area contributed by atoms with Crippen LogP contribution in [0, 0.1) is 0 Å². The summed E-state index contributed by atoms with van der Waals surface area (Å²) < 4.78 is 0. The molecule has 2 heterocycles. The normalized spacial score (nSPS) is 14.9. The smallest absolute Gasteiger partial charge is 0.135 e. The molecule has 0 unspecified atom stereocenters. The number of nitrogens with one attached hydrogen (secondary N) is 1. The molecule has 0 amide bonds. The Kier molecular flexibility index (Phi) is 5.51. The molecule has 1 aliphatic heterocycles. The third-order valence-electron chi connectivity index (χ3n) is 4.69. The summed E-state index contributed by atoms with van der Waals surface area (Å²) in [4.78, 5) is 13.6. The van der Waals surface area contributed by atoms with Gasteiger partial charge in [-0.25, -0.2) is 9.97 Å². The van der Waals surface area contributed by atoms with E-state index in [0.717, 1.165) is 50.0 Å². The number of benzene rings is 2. The largest absolute Gasteiger partial charge is 0.354 e. The van der Waals surface area contributed by atoms with Crippen LogP contribution < -0.4 is 10.2 Å². The topological polar surface area (TPSA) is 44.3 Å². The van der Waals surface area contributed by atoms with Crippen molar-refractivity contribution in [3.8, 4) is 0 Å². The van der Waals surface area contributed by atoms with Crippen LogP contribution in [-0.4, -0.2) is 41.0 Å². The highest BCUT2D eigenvalue weighted by atomic mass is 35.5. The molecule has 1 saturated heterocycles. The first-order chi connectivity index (χ1) is 13.3. The Hall–Kier alpha value is -2.63. The summed E-state index contributed by atoms with van der Waals surface area (Å²) in [6, 6.07) is 20.2. The van der Waals surface area contributed by atoms with Crippen molar-refractivity contribution in [1.29, 1.82) is 0 Å². The van der Waals surface area contributed by atoms with E-state index in [4.69, 9.17) is 11.6 Å². The number of piperazine rings is 1. The molecule has 3 aromatic rings. The lowest BCUT2D eigenvalue weighted by atomic mass is 10.2. The van der Waals surface area contributed by atoms with Gasteiger partial charge >= 0.3 is 0 Å². The molecule has 0 bridgehead atoms. The average Bonchev–Trinajstić information content (AvgIpc) is 2.70. The lowest BCUT2D eigenvalue weighted by molar-refractivity contribution is 0.249. The van der Waals surface area contributed by atoms with Crippen LogP contribution in [0.1, 0.15) is 5.56 Å². The average molecular weight is 380 g/mol. The van der Waals surface area contributed by atoms with Gasteiger partial charge in [0.2, 0.25) is 0 Å². The maximum absolute atomic E-state index is 6.05. The van der Waals surface area contributed by atoms with Gasteiger partial charge in [0.05, 0.1) is 0 Å². The maximum atomic E-state index is 6.05. The van der Waals surface area contributed by atoms with Gasteiger partial charge in [0, 0.05) is 49.5 Å². The van der Waals surface area contributed by atoms with E-state index in [9.17, 15) is 0 Å². The van der Waals surface area contributed by atoms with Crippen molar-refractivity contribution in [1.82, 2.24) is 14.9 Å². The molecule has 0 aliphatic carbocycles. The van der Waals surface area contributed by atoms with Crippen molar-refractivity contribution in [2.45, 2.75) is 6.54 Å². The number of nitrogens with zero attached hydrogens (tertiary/aromatic N) is 4. The number of anilines is 3. The van der Waals surface area contributed by atoms with Crippen molar-refractivity contribution < 1.29 is 0 Å². The highest BCUT2D eigenvalue weighted by Crippen LogP contribution is 2.22. The maximum Gasteiger partial charge on any atom is 0.135 e. The molecular formula is C21H22ClN5. The first kappa shape index (κ1) is 17.8. The molecule has 4 rings (SSSR count). The number of halogens is 1. The molecule has 1 aliphatic rings. The molecule has 0 spiro atoms. The number of hydrogen-bond donors (Lipinski definition) is 1. The molecule has 1 N–H and O–H groups in total. The minimum atomic E-state index is 0.698. The van der Waals surface area contributed by atoms with E-state index in [2.05, 4.69) is 55.4 Å². The van der Waals surface area contributed by atoms with E-state index < -0.39 is 0 Å². The predicted molar refractivity (Wildman–Crippen MR) is 111 cm³/mol. The van der Waals surface area contributed by atoms with Gasteiger partial charge in [-0.3, -0.25) is 4.90 Å². The van der Waals surface area contributed by atoms with E-state index in [1.54, 1.807) is 6.33 Å². The Balaban J connectivity index is 1.37. The molecule has 6 heteroatoms. The summed E-state index contributed by atoms with van der Waals surface area (Å²) in [6.07, 6.45) is 1.61. The summed E-state index contributed by atoms with van der Waals surface area (Å²) in [7, 11) is 0. The van der Waals surface area contributed by atoms with E-state index in [0.29, 0.717) is 5.02 Å². The molecule has 0 radical (unpaired) electrons. The monoisotopic (exact) mass is 379 g/mol. The van der Waals surface area contributed by atoms with Crippen molar-refractivity contribution in [2.24, 2.45) is 0 Å². The summed E-state index contributed by atoms with van der Waals surface area (Å²) in [5.41, 5.74) is 2.28. The molecule has 0 saturated carbocycles. The number of aromatic nitrogens is 2. The first-order valence-electron chi connectivity index (χ1n) is 9.12. The van der Waals surface area contributed by atoms with Gasteiger partial charge < -0.3 is 10.2 Å². The van der Waals surface area contributed by atoms with E-state index >= 15 is 0 Å². The lowest BCUT2D eigenvalue weighted by Gasteiger charge is -2.35. The molecule has 138 valence electrons. The van der Waals surface area contributed by atoms with Crippen LogP contribution >= 0.6 is 11.6 Å². The van der Waals surface area contributed by atoms with Crippen LogP contribution in [0.25, 0.3) is 0 Å². The molecular weight excluding hydrogens is 358 g/mol. The van der Waals surface area contributed by atoms with Gasteiger partial charge in [0.1, 0.15) is 18.0 Å². The highest BCUT2D eigenvalue weighted by Gasteiger charge is 2.18. The lowest BCUT2D eigenvalue weighted by Crippen LogP contribution is -2.46. The third kappa shape index (κ3) is 4.76. The van der Waals surface area contributed by atoms with Crippen LogP contribution in [0.4, 0.5) is 17.3 Å². The van der Waals surface area contributed by atoms with Crippen LogP contribution in [0.3, 0.4) is 0 Å². The van der Waals surface area contributed by atoms with Crippen LogP contribution in [0.15, 0.2) is 67.0 Å². The van der Waals surface area contributed by atoms with E-state index in [1.165, 1.54) is 5.56 Å². The number of rotatable bonds is 5. The Morgan fingerprint density at radius 1 is 0.889 bits per heavy atom. The van der Waals surface area contributed by atoms with Crippen molar-refractivity contribution in [2.75, 3.05) is 36.4 Å². The zero-order chi connectivity index (χ0) is 18.5. The summed E-state index contributed by atoms with van der Waals surface area (Å²) in [5, 5.41) is 3.99. The third-order valence-corrected chi connectivity index (χ3v) is 4.93. The van der Waals surface area contributed by atoms with Gasteiger partial charge in [-0.05, 0) is 23.8 Å². The van der Waals surface area contributed by atoms with Gasteiger partial charge in [-0.2, -0.15) is 0 Å². The second kappa shape index (κ2) is 8.37. The second-order valence-electron chi connectivity index (χ2n) is 6.65. The molecule has 1 fully saturated rings. The molecule has 0 atom stereocenters. The summed E-state index contributed by atoms with van der Waals surface area (Å²) in [6.45, 7) is 4.97. The highest BCUT2D eigenvalue weighted by molar-refractivity contribution is 6.30. The quantitative estimate of drug-likeness (QED) is 0.719. The van der Waals surface area contributed by atoms with Crippen molar-refractivity contribution >= 4 is 28.9 Å². The summed E-state index contributed by atoms with van der Waals surface area (Å²) >= 11 is 6.05. The molecule has 5 nitrogen and oxygen atoms in total. The minimum Gasteiger partial charge on any atom is -0.354 e. The fourth-order valence-electron chi connectivity index (χ4n) is 3.28. The van der Waals surface area contributed by atoms with Crippen LogP contribution in [0.5, 0.6) is 0 Å². The molecule has 1 aromatic heterocycles. The molecule has 27 heavy (non-hydrogen) atoms. The first-order valence-corrected chi connectivity index (χ1v) is 9.50. The predicted octanol–water partition coefficient (Wildman–Crippen LogP) is 4.20. The van der Waals surface area contributed by atoms with Gasteiger partial charge in [0.15, 0.2) is 0 Å². The standard InChI is InChI=1S/C21H22ClN5/c22-18-7-4-8-19(13-18)25-20-14-21(24-16-23-20)27-11-9-26(10-12-27)15-17-5-2-1-3-6-17/h1-8,13-14,16H,9-12,15H2,(H,23,24,25). The fraction of sp³-hybridized carbons (Fsp3) is 0.238. The van der Waals surface area contributed by atoms with E-state index in [-0.39, 0.29) is 0 Å². The van der Waals surface area contributed by atoms with Gasteiger partial charge in [-0.15, -0.1) is 0 Å². The molecule has 2 aromatic carbocycles. The Morgan fingerprint density at radius 3 is 2.48 bits per heavy atom. The second-order valence-corrected chi connectivity index (χ2v) is 7.08. The fourth-order valence-corrected chi connectivity index (χ4v) is 3.47. The Morgan fingerprint density at radius 2 is 1.70 bits per heavy atom. The van der Waals surface area contributed by atoms with E-state index in [1.807, 2.05) is 30.3 Å². The Bertz CT molecular complexity index is 879.